The first-order chi connectivity index (χ1) is 10.6. The molecule has 2 heterocycles. The fourth-order valence-corrected chi connectivity index (χ4v) is 3.11. The molecule has 1 aliphatic heterocycles. The molecule has 0 bridgehead atoms. The van der Waals surface area contributed by atoms with Gasteiger partial charge in [-0.3, -0.25) is 9.36 Å². The highest BCUT2D eigenvalue weighted by Crippen LogP contribution is 2.27. The Morgan fingerprint density at radius 3 is 2.77 bits per heavy atom. The number of rotatable bonds is 2. The summed E-state index contributed by atoms with van der Waals surface area (Å²) >= 11 is 6.02. The van der Waals surface area contributed by atoms with Crippen molar-refractivity contribution < 1.29 is 9.21 Å². The third kappa shape index (κ3) is 2.68. The summed E-state index contributed by atoms with van der Waals surface area (Å²) in [6.07, 6.45) is 4.76. The lowest BCUT2D eigenvalue weighted by Crippen LogP contribution is -2.39. The molecule has 0 saturated carbocycles. The molecule has 1 saturated heterocycles. The summed E-state index contributed by atoms with van der Waals surface area (Å²) in [5.41, 5.74) is 1.26. The Balaban J connectivity index is 1.85. The summed E-state index contributed by atoms with van der Waals surface area (Å²) in [5, 5.41) is 0.572. The van der Waals surface area contributed by atoms with Gasteiger partial charge in [0.1, 0.15) is 0 Å². The summed E-state index contributed by atoms with van der Waals surface area (Å²) in [6.45, 7) is 3.09. The molecule has 1 aromatic carbocycles. The largest absolute Gasteiger partial charge is 0.420 e. The number of fused-ring (bicyclic) bond motifs is 1. The minimum atomic E-state index is -0.365. The molecule has 1 amide bonds. The number of likely N-dealkylation sites (tertiary alicyclic amines) is 1. The molecule has 116 valence electrons. The van der Waals surface area contributed by atoms with Gasteiger partial charge in [0.05, 0.1) is 5.52 Å². The van der Waals surface area contributed by atoms with Gasteiger partial charge in [-0.15, -0.1) is 0 Å². The van der Waals surface area contributed by atoms with E-state index in [1.165, 1.54) is 0 Å². The second kappa shape index (κ2) is 6.01. The predicted molar refractivity (Wildman–Crippen MR) is 85.1 cm³/mol. The number of piperidine rings is 1. The molecule has 1 aliphatic rings. The molecule has 0 aliphatic carbocycles. The lowest BCUT2D eigenvalue weighted by molar-refractivity contribution is -0.127. The zero-order valence-electron chi connectivity index (χ0n) is 12.3. The van der Waals surface area contributed by atoms with Gasteiger partial charge in [-0.2, -0.15) is 0 Å². The standard InChI is InChI=1S/C16H17ClN2O3/c1-2-3-15(20)18-8-6-12(7-9-18)19-13-10-11(17)4-5-14(13)22-16(19)21/h2-5,10,12H,6-9H2,1H3/b3-2+. The number of hydrogen-bond acceptors (Lipinski definition) is 3. The van der Waals surface area contributed by atoms with Crippen LogP contribution in [0.1, 0.15) is 25.8 Å². The molecule has 6 heteroatoms. The highest BCUT2D eigenvalue weighted by molar-refractivity contribution is 6.31. The summed E-state index contributed by atoms with van der Waals surface area (Å²) < 4.78 is 6.94. The van der Waals surface area contributed by atoms with Crippen LogP contribution in [0.15, 0.2) is 39.6 Å². The van der Waals surface area contributed by atoms with E-state index in [4.69, 9.17) is 16.0 Å². The van der Waals surface area contributed by atoms with Crippen molar-refractivity contribution in [3.63, 3.8) is 0 Å². The number of carbonyl (C=O) groups excluding carboxylic acids is 1. The Kier molecular flexibility index (Phi) is 4.07. The Morgan fingerprint density at radius 1 is 1.36 bits per heavy atom. The minimum absolute atomic E-state index is 0.0217. The van der Waals surface area contributed by atoms with Crippen LogP contribution in [0.3, 0.4) is 0 Å². The van der Waals surface area contributed by atoms with Crippen LogP contribution in [0.2, 0.25) is 5.02 Å². The van der Waals surface area contributed by atoms with E-state index >= 15 is 0 Å². The molecular formula is C16H17ClN2O3. The number of allylic oxidation sites excluding steroid dienone is 1. The van der Waals surface area contributed by atoms with Gasteiger partial charge in [-0.1, -0.05) is 17.7 Å². The van der Waals surface area contributed by atoms with Crippen molar-refractivity contribution in [2.45, 2.75) is 25.8 Å². The van der Waals surface area contributed by atoms with Gasteiger partial charge in [0.25, 0.3) is 0 Å². The first-order valence-electron chi connectivity index (χ1n) is 7.32. The second-order valence-corrected chi connectivity index (χ2v) is 5.84. The van der Waals surface area contributed by atoms with E-state index in [-0.39, 0.29) is 17.7 Å². The Bertz CT molecular complexity index is 782. The van der Waals surface area contributed by atoms with E-state index in [1.54, 1.807) is 39.8 Å². The first kappa shape index (κ1) is 14.9. The van der Waals surface area contributed by atoms with Crippen LogP contribution < -0.4 is 5.76 Å². The van der Waals surface area contributed by atoms with E-state index in [0.717, 1.165) is 18.4 Å². The van der Waals surface area contributed by atoms with Crippen molar-refractivity contribution in [3.05, 3.63) is 45.9 Å². The van der Waals surface area contributed by atoms with Gasteiger partial charge in [-0.25, -0.2) is 4.79 Å². The molecule has 0 unspecified atom stereocenters. The molecule has 2 aromatic rings. The molecule has 22 heavy (non-hydrogen) atoms. The van der Waals surface area contributed by atoms with Crippen LogP contribution in [-0.2, 0) is 4.79 Å². The molecule has 1 fully saturated rings. The fourth-order valence-electron chi connectivity index (χ4n) is 2.94. The maximum Gasteiger partial charge on any atom is 0.420 e. The van der Waals surface area contributed by atoms with Crippen LogP contribution >= 0.6 is 11.6 Å². The highest BCUT2D eigenvalue weighted by Gasteiger charge is 2.26. The summed E-state index contributed by atoms with van der Waals surface area (Å²) in [7, 11) is 0. The topological polar surface area (TPSA) is 55.5 Å². The second-order valence-electron chi connectivity index (χ2n) is 5.41. The summed E-state index contributed by atoms with van der Waals surface area (Å²) in [6, 6.07) is 5.19. The SMILES string of the molecule is C/C=C/C(=O)N1CCC(n2c(=O)oc3ccc(Cl)cc32)CC1. The number of carbonyl (C=O) groups is 1. The Labute approximate surface area is 132 Å². The van der Waals surface area contributed by atoms with Crippen LogP contribution in [0.25, 0.3) is 11.1 Å². The number of amides is 1. The van der Waals surface area contributed by atoms with Crippen LogP contribution in [0.5, 0.6) is 0 Å². The monoisotopic (exact) mass is 320 g/mol. The molecule has 1 aromatic heterocycles. The fraction of sp³-hybridized carbons (Fsp3) is 0.375. The van der Waals surface area contributed by atoms with E-state index in [2.05, 4.69) is 0 Å². The van der Waals surface area contributed by atoms with Gasteiger partial charge in [0.2, 0.25) is 5.91 Å². The number of oxazole rings is 1. The maximum absolute atomic E-state index is 12.1. The average molecular weight is 321 g/mol. The van der Waals surface area contributed by atoms with Crippen LogP contribution in [-0.4, -0.2) is 28.5 Å². The average Bonchev–Trinajstić information content (AvgIpc) is 2.83. The van der Waals surface area contributed by atoms with Gasteiger partial charge >= 0.3 is 5.76 Å². The number of benzene rings is 1. The molecule has 3 rings (SSSR count). The van der Waals surface area contributed by atoms with E-state index in [1.807, 2.05) is 6.92 Å². The molecular weight excluding hydrogens is 304 g/mol. The smallest absolute Gasteiger partial charge is 0.408 e. The summed E-state index contributed by atoms with van der Waals surface area (Å²) in [5.74, 6) is -0.344. The van der Waals surface area contributed by atoms with Crippen molar-refractivity contribution in [1.29, 1.82) is 0 Å². The normalized spacial score (nSPS) is 16.7. The molecule has 0 spiro atoms. The quantitative estimate of drug-likeness (QED) is 0.799. The molecule has 0 atom stereocenters. The molecule has 0 N–H and O–H groups in total. The van der Waals surface area contributed by atoms with Gasteiger partial charge in [0.15, 0.2) is 5.58 Å². The number of nitrogens with zero attached hydrogens (tertiary/aromatic N) is 2. The number of hydrogen-bond donors (Lipinski definition) is 0. The Morgan fingerprint density at radius 2 is 2.09 bits per heavy atom. The van der Waals surface area contributed by atoms with Crippen LogP contribution in [0, 0.1) is 0 Å². The maximum atomic E-state index is 12.1. The number of halogens is 1. The lowest BCUT2D eigenvalue weighted by Gasteiger charge is -2.31. The van der Waals surface area contributed by atoms with E-state index in [0.29, 0.717) is 23.7 Å². The first-order valence-corrected chi connectivity index (χ1v) is 7.70. The molecule has 5 nitrogen and oxygen atoms in total. The van der Waals surface area contributed by atoms with Crippen molar-refractivity contribution in [2.24, 2.45) is 0 Å². The molecule has 0 radical (unpaired) electrons. The zero-order chi connectivity index (χ0) is 15.7. The van der Waals surface area contributed by atoms with E-state index in [9.17, 15) is 9.59 Å². The third-order valence-electron chi connectivity index (χ3n) is 4.03. The van der Waals surface area contributed by atoms with Crippen LogP contribution in [0.4, 0.5) is 0 Å². The predicted octanol–water partition coefficient (Wildman–Crippen LogP) is 2.99. The van der Waals surface area contributed by atoms with Gasteiger partial charge in [-0.05, 0) is 44.0 Å². The van der Waals surface area contributed by atoms with Crippen molar-refractivity contribution in [3.8, 4) is 0 Å². The van der Waals surface area contributed by atoms with Gasteiger partial charge < -0.3 is 9.32 Å². The number of aromatic nitrogens is 1. The van der Waals surface area contributed by atoms with Crippen molar-refractivity contribution in [2.75, 3.05) is 13.1 Å². The lowest BCUT2D eigenvalue weighted by atomic mass is 10.0. The van der Waals surface area contributed by atoms with Crippen molar-refractivity contribution >= 4 is 28.6 Å². The van der Waals surface area contributed by atoms with E-state index < -0.39 is 0 Å². The Hall–Kier alpha value is -2.01. The third-order valence-corrected chi connectivity index (χ3v) is 4.26. The summed E-state index contributed by atoms with van der Waals surface area (Å²) in [4.78, 5) is 25.8. The highest BCUT2D eigenvalue weighted by atomic mass is 35.5. The van der Waals surface area contributed by atoms with Crippen molar-refractivity contribution in [1.82, 2.24) is 9.47 Å². The zero-order valence-corrected chi connectivity index (χ0v) is 13.0. The van der Waals surface area contributed by atoms with Gasteiger partial charge in [0, 0.05) is 24.2 Å². The minimum Gasteiger partial charge on any atom is -0.408 e.